The molecule has 2 unspecified atom stereocenters. The Kier molecular flexibility index (Phi) is 3.81. The first-order chi connectivity index (χ1) is 8.63. The molecule has 1 heterocycles. The Labute approximate surface area is 109 Å². The largest absolute Gasteiger partial charge is 0.493 e. The van der Waals surface area contributed by atoms with Crippen LogP contribution in [-0.2, 0) is 0 Å². The average molecular weight is 249 g/mol. The lowest BCUT2D eigenvalue weighted by Crippen LogP contribution is -2.40. The Morgan fingerprint density at radius 3 is 2.83 bits per heavy atom. The van der Waals surface area contributed by atoms with Gasteiger partial charge in [0.15, 0.2) is 0 Å². The fraction of sp³-hybridized carbons (Fsp3) is 0.600. The van der Waals surface area contributed by atoms with Gasteiger partial charge in [-0.25, -0.2) is 0 Å². The van der Waals surface area contributed by atoms with Crippen molar-refractivity contribution < 1.29 is 9.47 Å². The van der Waals surface area contributed by atoms with Crippen LogP contribution in [-0.4, -0.2) is 19.3 Å². The number of rotatable bonds is 4. The zero-order chi connectivity index (χ0) is 13.2. The number of benzene rings is 1. The molecule has 0 saturated heterocycles. The SMILES string of the molecule is CCOc1cccc2c1C(NC)CC(C)(CC)O2. The van der Waals surface area contributed by atoms with Crippen LogP contribution < -0.4 is 14.8 Å². The van der Waals surface area contributed by atoms with Gasteiger partial charge in [0.25, 0.3) is 0 Å². The van der Waals surface area contributed by atoms with Gasteiger partial charge >= 0.3 is 0 Å². The van der Waals surface area contributed by atoms with Gasteiger partial charge in [-0.05, 0) is 39.4 Å². The number of fused-ring (bicyclic) bond motifs is 1. The van der Waals surface area contributed by atoms with Crippen LogP contribution >= 0.6 is 0 Å². The minimum atomic E-state index is -0.0918. The van der Waals surface area contributed by atoms with Crippen molar-refractivity contribution in [2.24, 2.45) is 0 Å². The fourth-order valence-electron chi connectivity index (χ4n) is 2.54. The van der Waals surface area contributed by atoms with E-state index in [-0.39, 0.29) is 5.60 Å². The first kappa shape index (κ1) is 13.2. The summed E-state index contributed by atoms with van der Waals surface area (Å²) in [6.07, 6.45) is 1.97. The standard InChI is InChI=1S/C15H23NO2/c1-5-15(3)10-11(16-4)14-12(17-6-2)8-7-9-13(14)18-15/h7-9,11,16H,5-6,10H2,1-4H3. The molecule has 100 valence electrons. The summed E-state index contributed by atoms with van der Waals surface area (Å²) in [6, 6.07) is 6.35. The van der Waals surface area contributed by atoms with E-state index in [9.17, 15) is 0 Å². The second kappa shape index (κ2) is 5.19. The Morgan fingerprint density at radius 1 is 1.44 bits per heavy atom. The normalized spacial score (nSPS) is 26.3. The van der Waals surface area contributed by atoms with E-state index in [1.54, 1.807) is 0 Å². The molecule has 0 aliphatic carbocycles. The molecule has 1 N–H and O–H groups in total. The molecular formula is C15H23NO2. The van der Waals surface area contributed by atoms with Crippen molar-refractivity contribution >= 4 is 0 Å². The van der Waals surface area contributed by atoms with Gasteiger partial charge in [-0.1, -0.05) is 13.0 Å². The second-order valence-electron chi connectivity index (χ2n) is 5.05. The lowest BCUT2D eigenvalue weighted by atomic mass is 9.86. The third-order valence-electron chi connectivity index (χ3n) is 3.76. The summed E-state index contributed by atoms with van der Waals surface area (Å²) in [7, 11) is 2.00. The van der Waals surface area contributed by atoms with Gasteiger partial charge in [0.1, 0.15) is 17.1 Å². The summed E-state index contributed by atoms with van der Waals surface area (Å²) < 4.78 is 11.9. The summed E-state index contributed by atoms with van der Waals surface area (Å²) >= 11 is 0. The fourth-order valence-corrected chi connectivity index (χ4v) is 2.54. The number of hydrogen-bond acceptors (Lipinski definition) is 3. The highest BCUT2D eigenvalue weighted by atomic mass is 16.5. The molecule has 3 heteroatoms. The number of hydrogen-bond donors (Lipinski definition) is 1. The van der Waals surface area contributed by atoms with E-state index >= 15 is 0 Å². The van der Waals surface area contributed by atoms with Crippen LogP contribution in [0.25, 0.3) is 0 Å². The van der Waals surface area contributed by atoms with Gasteiger partial charge in [0.2, 0.25) is 0 Å². The molecule has 0 radical (unpaired) electrons. The van der Waals surface area contributed by atoms with Crippen molar-refractivity contribution in [3.63, 3.8) is 0 Å². The maximum Gasteiger partial charge on any atom is 0.128 e. The van der Waals surface area contributed by atoms with Gasteiger partial charge < -0.3 is 14.8 Å². The summed E-state index contributed by atoms with van der Waals surface area (Å²) in [5.74, 6) is 1.89. The average Bonchev–Trinajstić information content (AvgIpc) is 2.38. The lowest BCUT2D eigenvalue weighted by molar-refractivity contribution is 0.0442. The van der Waals surface area contributed by atoms with Crippen molar-refractivity contribution in [1.82, 2.24) is 5.32 Å². The maximum absolute atomic E-state index is 6.17. The second-order valence-corrected chi connectivity index (χ2v) is 5.05. The van der Waals surface area contributed by atoms with Gasteiger partial charge in [0.05, 0.1) is 12.2 Å². The molecule has 0 bridgehead atoms. The highest BCUT2D eigenvalue weighted by Gasteiger charge is 2.37. The van der Waals surface area contributed by atoms with Gasteiger partial charge in [-0.15, -0.1) is 0 Å². The van der Waals surface area contributed by atoms with Crippen LogP contribution in [0.2, 0.25) is 0 Å². The molecule has 1 aliphatic rings. The smallest absolute Gasteiger partial charge is 0.128 e. The van der Waals surface area contributed by atoms with Gasteiger partial charge in [0, 0.05) is 12.5 Å². The first-order valence-corrected chi connectivity index (χ1v) is 6.75. The van der Waals surface area contributed by atoms with Crippen molar-refractivity contribution in [2.45, 2.75) is 45.3 Å². The molecule has 1 aromatic rings. The number of nitrogens with one attached hydrogen (secondary N) is 1. The molecule has 1 aromatic carbocycles. The van der Waals surface area contributed by atoms with Crippen molar-refractivity contribution in [2.75, 3.05) is 13.7 Å². The van der Waals surface area contributed by atoms with E-state index in [1.165, 1.54) is 0 Å². The van der Waals surface area contributed by atoms with Crippen molar-refractivity contribution in [1.29, 1.82) is 0 Å². The molecule has 0 amide bonds. The quantitative estimate of drug-likeness (QED) is 0.888. The van der Waals surface area contributed by atoms with Crippen LogP contribution in [0.3, 0.4) is 0 Å². The molecule has 2 atom stereocenters. The molecular weight excluding hydrogens is 226 g/mol. The minimum absolute atomic E-state index is 0.0918. The summed E-state index contributed by atoms with van der Waals surface area (Å²) in [6.45, 7) is 7.03. The monoisotopic (exact) mass is 249 g/mol. The zero-order valence-corrected chi connectivity index (χ0v) is 11.7. The van der Waals surface area contributed by atoms with Crippen LogP contribution in [0.5, 0.6) is 11.5 Å². The van der Waals surface area contributed by atoms with E-state index in [0.717, 1.165) is 29.9 Å². The maximum atomic E-state index is 6.17. The zero-order valence-electron chi connectivity index (χ0n) is 11.7. The Morgan fingerprint density at radius 2 is 2.22 bits per heavy atom. The highest BCUT2D eigenvalue weighted by molar-refractivity contribution is 5.48. The third-order valence-corrected chi connectivity index (χ3v) is 3.76. The van der Waals surface area contributed by atoms with Crippen LogP contribution in [0.1, 0.15) is 45.2 Å². The predicted molar refractivity (Wildman–Crippen MR) is 73.4 cm³/mol. The van der Waals surface area contributed by atoms with Crippen molar-refractivity contribution in [3.8, 4) is 11.5 Å². The van der Waals surface area contributed by atoms with Crippen LogP contribution in [0, 0.1) is 0 Å². The molecule has 0 spiro atoms. The van der Waals surface area contributed by atoms with Gasteiger partial charge in [-0.2, -0.15) is 0 Å². The van der Waals surface area contributed by atoms with Crippen LogP contribution in [0.4, 0.5) is 0 Å². The van der Waals surface area contributed by atoms with Crippen molar-refractivity contribution in [3.05, 3.63) is 23.8 Å². The van der Waals surface area contributed by atoms with E-state index in [0.29, 0.717) is 12.6 Å². The predicted octanol–water partition coefficient (Wildman–Crippen LogP) is 3.30. The Bertz CT molecular complexity index is 419. The molecule has 1 aliphatic heterocycles. The Hall–Kier alpha value is -1.22. The molecule has 0 saturated carbocycles. The molecule has 2 rings (SSSR count). The lowest BCUT2D eigenvalue weighted by Gasteiger charge is -2.40. The Balaban J connectivity index is 2.43. The van der Waals surface area contributed by atoms with E-state index in [1.807, 2.05) is 32.2 Å². The van der Waals surface area contributed by atoms with E-state index in [4.69, 9.17) is 9.47 Å². The third kappa shape index (κ3) is 2.32. The molecule has 3 nitrogen and oxygen atoms in total. The first-order valence-electron chi connectivity index (χ1n) is 6.75. The van der Waals surface area contributed by atoms with E-state index in [2.05, 4.69) is 19.2 Å². The molecule has 18 heavy (non-hydrogen) atoms. The summed E-state index contributed by atoms with van der Waals surface area (Å²) in [5, 5.41) is 3.39. The highest BCUT2D eigenvalue weighted by Crippen LogP contribution is 2.45. The topological polar surface area (TPSA) is 30.5 Å². The van der Waals surface area contributed by atoms with Crippen LogP contribution in [0.15, 0.2) is 18.2 Å². The number of ether oxygens (including phenoxy) is 2. The molecule has 0 fully saturated rings. The summed E-state index contributed by atoms with van der Waals surface area (Å²) in [4.78, 5) is 0. The summed E-state index contributed by atoms with van der Waals surface area (Å²) in [5.41, 5.74) is 1.07. The molecule has 0 aromatic heterocycles. The van der Waals surface area contributed by atoms with Gasteiger partial charge in [-0.3, -0.25) is 0 Å². The van der Waals surface area contributed by atoms with E-state index < -0.39 is 0 Å². The minimum Gasteiger partial charge on any atom is -0.493 e.